The van der Waals surface area contributed by atoms with Crippen LogP contribution in [0, 0.1) is 6.92 Å². The van der Waals surface area contributed by atoms with Crippen LogP contribution in [-0.2, 0) is 4.74 Å². The fraction of sp³-hybridized carbons (Fsp3) is 0.222. The molecule has 0 atom stereocenters. The predicted molar refractivity (Wildman–Crippen MR) is 87.6 cm³/mol. The summed E-state index contributed by atoms with van der Waals surface area (Å²) >= 11 is 0. The van der Waals surface area contributed by atoms with Crippen molar-refractivity contribution in [2.24, 2.45) is 0 Å². The van der Waals surface area contributed by atoms with Crippen LogP contribution in [0.2, 0.25) is 0 Å². The molecular weight excluding hydrogens is 294 g/mol. The topological polar surface area (TPSA) is 68.5 Å². The van der Waals surface area contributed by atoms with Crippen LogP contribution in [0.3, 0.4) is 0 Å². The number of allylic oxidation sites excluding steroid dienone is 2. The maximum Gasteiger partial charge on any atom is 0.338 e. The van der Waals surface area contributed by atoms with Gasteiger partial charge in [0, 0.05) is 17.5 Å². The Kier molecular flexibility index (Phi) is 5.36. The van der Waals surface area contributed by atoms with Gasteiger partial charge in [0.25, 0.3) is 0 Å². The number of nitrogens with one attached hydrogen (secondary N) is 1. The average Bonchev–Trinajstić information content (AvgIpc) is 2.94. The van der Waals surface area contributed by atoms with Crippen molar-refractivity contribution in [3.63, 3.8) is 0 Å². The van der Waals surface area contributed by atoms with E-state index in [9.17, 15) is 9.59 Å². The summed E-state index contributed by atoms with van der Waals surface area (Å²) in [4.78, 5) is 23.8. The van der Waals surface area contributed by atoms with Gasteiger partial charge in [0.2, 0.25) is 5.78 Å². The fourth-order valence-corrected chi connectivity index (χ4v) is 2.04. The van der Waals surface area contributed by atoms with Crippen LogP contribution in [0.25, 0.3) is 0 Å². The standard InChI is InChI=1S/C18H19NO4/c1-4-22-18(21)14-6-5-7-15(11-14)19-12(2)10-16(20)17-9-8-13(3)23-17/h5-11,19H,4H2,1-3H3/b12-10+. The van der Waals surface area contributed by atoms with Crippen molar-refractivity contribution in [2.75, 3.05) is 11.9 Å². The second-order valence-electron chi connectivity index (χ2n) is 5.03. The number of ether oxygens (including phenoxy) is 1. The van der Waals surface area contributed by atoms with E-state index < -0.39 is 0 Å². The lowest BCUT2D eigenvalue weighted by atomic mass is 10.2. The van der Waals surface area contributed by atoms with Gasteiger partial charge >= 0.3 is 5.97 Å². The molecule has 1 heterocycles. The molecule has 2 rings (SSSR count). The zero-order valence-electron chi connectivity index (χ0n) is 13.4. The first-order chi connectivity index (χ1) is 11.0. The van der Waals surface area contributed by atoms with E-state index >= 15 is 0 Å². The van der Waals surface area contributed by atoms with Gasteiger partial charge in [-0.2, -0.15) is 0 Å². The summed E-state index contributed by atoms with van der Waals surface area (Å²) in [6.07, 6.45) is 1.45. The maximum atomic E-state index is 12.0. The summed E-state index contributed by atoms with van der Waals surface area (Å²) < 4.78 is 10.3. The molecule has 0 unspecified atom stereocenters. The van der Waals surface area contributed by atoms with Gasteiger partial charge in [-0.05, 0) is 51.1 Å². The minimum absolute atomic E-state index is 0.218. The molecule has 0 spiro atoms. The van der Waals surface area contributed by atoms with Crippen molar-refractivity contribution in [3.8, 4) is 0 Å². The quantitative estimate of drug-likeness (QED) is 0.496. The zero-order chi connectivity index (χ0) is 16.8. The molecule has 0 fully saturated rings. The molecule has 0 aliphatic carbocycles. The van der Waals surface area contributed by atoms with Crippen LogP contribution in [-0.4, -0.2) is 18.4 Å². The first-order valence-corrected chi connectivity index (χ1v) is 7.33. The molecule has 5 heteroatoms. The minimum atomic E-state index is -0.375. The van der Waals surface area contributed by atoms with Gasteiger partial charge in [-0.1, -0.05) is 6.07 Å². The molecule has 0 aliphatic rings. The largest absolute Gasteiger partial charge is 0.462 e. The van der Waals surface area contributed by atoms with Gasteiger partial charge < -0.3 is 14.5 Å². The summed E-state index contributed by atoms with van der Waals surface area (Å²) in [5.41, 5.74) is 1.80. The average molecular weight is 313 g/mol. The third-order valence-electron chi connectivity index (χ3n) is 3.05. The first kappa shape index (κ1) is 16.5. The van der Waals surface area contributed by atoms with Crippen LogP contribution >= 0.6 is 0 Å². The fourth-order valence-electron chi connectivity index (χ4n) is 2.04. The molecule has 120 valence electrons. The Labute approximate surface area is 134 Å². The highest BCUT2D eigenvalue weighted by molar-refractivity contribution is 6.03. The number of hydrogen-bond acceptors (Lipinski definition) is 5. The molecule has 0 saturated heterocycles. The van der Waals surface area contributed by atoms with E-state index in [1.54, 1.807) is 51.1 Å². The molecule has 1 aromatic carbocycles. The summed E-state index contributed by atoms with van der Waals surface area (Å²) in [5.74, 6) is 0.392. The molecule has 1 N–H and O–H groups in total. The van der Waals surface area contributed by atoms with Crippen LogP contribution in [0.4, 0.5) is 5.69 Å². The Morgan fingerprint density at radius 1 is 1.26 bits per heavy atom. The molecule has 0 aliphatic heterocycles. The number of hydrogen-bond donors (Lipinski definition) is 1. The van der Waals surface area contributed by atoms with Crippen molar-refractivity contribution in [3.05, 3.63) is 65.3 Å². The number of aryl methyl sites for hydroxylation is 1. The second-order valence-corrected chi connectivity index (χ2v) is 5.03. The van der Waals surface area contributed by atoms with Crippen LogP contribution in [0.15, 0.2) is 52.6 Å². The molecule has 5 nitrogen and oxygen atoms in total. The zero-order valence-corrected chi connectivity index (χ0v) is 13.4. The van der Waals surface area contributed by atoms with Crippen molar-refractivity contribution in [2.45, 2.75) is 20.8 Å². The third kappa shape index (κ3) is 4.57. The third-order valence-corrected chi connectivity index (χ3v) is 3.05. The number of carbonyl (C=O) groups is 2. The van der Waals surface area contributed by atoms with E-state index in [4.69, 9.17) is 9.15 Å². The first-order valence-electron chi connectivity index (χ1n) is 7.33. The molecule has 0 bridgehead atoms. The number of esters is 1. The number of rotatable bonds is 6. The Hall–Kier alpha value is -2.82. The molecule has 0 saturated carbocycles. The minimum Gasteiger partial charge on any atom is -0.462 e. The lowest BCUT2D eigenvalue weighted by Gasteiger charge is -2.08. The highest BCUT2D eigenvalue weighted by atomic mass is 16.5. The normalized spacial score (nSPS) is 11.2. The van der Waals surface area contributed by atoms with E-state index in [1.807, 2.05) is 6.07 Å². The maximum absolute atomic E-state index is 12.0. The molecule has 0 amide bonds. The van der Waals surface area contributed by atoms with E-state index in [-0.39, 0.29) is 11.8 Å². The van der Waals surface area contributed by atoms with E-state index in [0.29, 0.717) is 35.1 Å². The van der Waals surface area contributed by atoms with Crippen LogP contribution in [0.5, 0.6) is 0 Å². The van der Waals surface area contributed by atoms with Crippen LogP contribution < -0.4 is 5.32 Å². The predicted octanol–water partition coefficient (Wildman–Crippen LogP) is 3.96. The monoisotopic (exact) mass is 313 g/mol. The molecule has 23 heavy (non-hydrogen) atoms. The lowest BCUT2D eigenvalue weighted by Crippen LogP contribution is -2.06. The molecular formula is C18H19NO4. The number of ketones is 1. The van der Waals surface area contributed by atoms with Crippen molar-refractivity contribution < 1.29 is 18.7 Å². The Bertz CT molecular complexity index is 743. The van der Waals surface area contributed by atoms with Crippen molar-refractivity contribution >= 4 is 17.4 Å². The van der Waals surface area contributed by atoms with Gasteiger partial charge in [-0.15, -0.1) is 0 Å². The smallest absolute Gasteiger partial charge is 0.338 e. The second kappa shape index (κ2) is 7.45. The van der Waals surface area contributed by atoms with Gasteiger partial charge in [0.1, 0.15) is 5.76 Å². The number of benzene rings is 1. The Morgan fingerprint density at radius 2 is 2.04 bits per heavy atom. The van der Waals surface area contributed by atoms with E-state index in [1.165, 1.54) is 6.08 Å². The van der Waals surface area contributed by atoms with Gasteiger partial charge in [-0.3, -0.25) is 4.79 Å². The summed E-state index contributed by atoms with van der Waals surface area (Å²) in [6.45, 7) is 5.64. The Balaban J connectivity index is 2.09. The highest BCUT2D eigenvalue weighted by Gasteiger charge is 2.09. The SMILES string of the molecule is CCOC(=O)c1cccc(N/C(C)=C/C(=O)c2ccc(C)o2)c1. The summed E-state index contributed by atoms with van der Waals surface area (Å²) in [7, 11) is 0. The van der Waals surface area contributed by atoms with E-state index in [2.05, 4.69) is 5.32 Å². The molecule has 0 radical (unpaired) electrons. The number of furan rings is 1. The lowest BCUT2D eigenvalue weighted by molar-refractivity contribution is 0.0526. The molecule has 2 aromatic rings. The van der Waals surface area contributed by atoms with Crippen molar-refractivity contribution in [1.82, 2.24) is 0 Å². The highest BCUT2D eigenvalue weighted by Crippen LogP contribution is 2.15. The Morgan fingerprint density at radius 3 is 2.70 bits per heavy atom. The van der Waals surface area contributed by atoms with Gasteiger partial charge in [-0.25, -0.2) is 4.79 Å². The molecule has 1 aromatic heterocycles. The number of anilines is 1. The van der Waals surface area contributed by atoms with Crippen LogP contribution in [0.1, 0.15) is 40.5 Å². The summed E-state index contributed by atoms with van der Waals surface area (Å²) in [6, 6.07) is 10.3. The van der Waals surface area contributed by atoms with Crippen molar-refractivity contribution in [1.29, 1.82) is 0 Å². The number of carbonyl (C=O) groups excluding carboxylic acids is 2. The summed E-state index contributed by atoms with van der Waals surface area (Å²) in [5, 5.41) is 3.08. The van der Waals surface area contributed by atoms with Gasteiger partial charge in [0.05, 0.1) is 12.2 Å². The van der Waals surface area contributed by atoms with Gasteiger partial charge in [0.15, 0.2) is 5.76 Å². The van der Waals surface area contributed by atoms with E-state index in [0.717, 1.165) is 0 Å².